The lowest BCUT2D eigenvalue weighted by molar-refractivity contribution is 0.432. The second-order valence-corrected chi connectivity index (χ2v) is 7.46. The van der Waals surface area contributed by atoms with Crippen molar-refractivity contribution in [2.24, 2.45) is 0 Å². The van der Waals surface area contributed by atoms with Crippen molar-refractivity contribution >= 4 is 10.0 Å². The molecule has 1 heterocycles. The Balaban J connectivity index is 1.91. The molecule has 7 heteroatoms. The SMILES string of the molecule is CCC(C)NS(=O)(=O)c1cccc(-c2nc(-c3ccccc3)no2)c1. The maximum Gasteiger partial charge on any atom is 0.258 e. The normalized spacial score (nSPS) is 12.9. The van der Waals surface area contributed by atoms with E-state index in [9.17, 15) is 8.42 Å². The number of rotatable bonds is 6. The Morgan fingerprint density at radius 3 is 2.52 bits per heavy atom. The number of sulfonamides is 1. The van der Waals surface area contributed by atoms with Crippen LogP contribution >= 0.6 is 0 Å². The van der Waals surface area contributed by atoms with Crippen molar-refractivity contribution in [1.82, 2.24) is 14.9 Å². The second kappa shape index (κ2) is 7.16. The molecule has 0 saturated carbocycles. The van der Waals surface area contributed by atoms with Gasteiger partial charge in [0.15, 0.2) is 0 Å². The predicted octanol–water partition coefficient (Wildman–Crippen LogP) is 3.48. The van der Waals surface area contributed by atoms with Gasteiger partial charge in [0.05, 0.1) is 4.90 Å². The zero-order valence-corrected chi connectivity index (χ0v) is 14.8. The van der Waals surface area contributed by atoms with E-state index in [-0.39, 0.29) is 16.8 Å². The molecule has 0 saturated heterocycles. The van der Waals surface area contributed by atoms with Gasteiger partial charge in [0.2, 0.25) is 15.8 Å². The molecule has 6 nitrogen and oxygen atoms in total. The molecule has 2 aromatic carbocycles. The summed E-state index contributed by atoms with van der Waals surface area (Å²) in [5, 5.41) is 3.97. The Morgan fingerprint density at radius 1 is 1.08 bits per heavy atom. The number of nitrogens with one attached hydrogen (secondary N) is 1. The van der Waals surface area contributed by atoms with Crippen LogP contribution < -0.4 is 4.72 Å². The van der Waals surface area contributed by atoms with Crippen LogP contribution in [0.1, 0.15) is 20.3 Å². The molecule has 0 aliphatic carbocycles. The van der Waals surface area contributed by atoms with E-state index in [1.54, 1.807) is 18.2 Å². The third-order valence-corrected chi connectivity index (χ3v) is 5.41. The highest BCUT2D eigenvalue weighted by atomic mass is 32.2. The van der Waals surface area contributed by atoms with Gasteiger partial charge >= 0.3 is 0 Å². The first-order chi connectivity index (χ1) is 12.0. The molecule has 0 radical (unpaired) electrons. The third kappa shape index (κ3) is 3.94. The molecule has 1 atom stereocenters. The van der Waals surface area contributed by atoms with Crippen molar-refractivity contribution in [1.29, 1.82) is 0 Å². The molecule has 1 unspecified atom stereocenters. The van der Waals surface area contributed by atoms with Gasteiger partial charge in [-0.1, -0.05) is 48.5 Å². The molecule has 3 rings (SSSR count). The minimum absolute atomic E-state index is 0.137. The minimum Gasteiger partial charge on any atom is -0.334 e. The van der Waals surface area contributed by atoms with E-state index in [4.69, 9.17) is 4.52 Å². The fraction of sp³-hybridized carbons (Fsp3) is 0.222. The number of hydrogen-bond acceptors (Lipinski definition) is 5. The van der Waals surface area contributed by atoms with Crippen LogP contribution in [0.4, 0.5) is 0 Å². The summed E-state index contributed by atoms with van der Waals surface area (Å²) < 4.78 is 32.8. The molecular weight excluding hydrogens is 338 g/mol. The van der Waals surface area contributed by atoms with Gasteiger partial charge in [0.25, 0.3) is 5.89 Å². The molecule has 0 bridgehead atoms. The first kappa shape index (κ1) is 17.3. The molecule has 1 aromatic heterocycles. The average molecular weight is 357 g/mol. The molecule has 25 heavy (non-hydrogen) atoms. The zero-order chi connectivity index (χ0) is 17.9. The fourth-order valence-electron chi connectivity index (χ4n) is 2.26. The van der Waals surface area contributed by atoms with Crippen molar-refractivity contribution in [2.75, 3.05) is 0 Å². The monoisotopic (exact) mass is 357 g/mol. The number of nitrogens with zero attached hydrogens (tertiary/aromatic N) is 2. The van der Waals surface area contributed by atoms with E-state index in [2.05, 4.69) is 14.9 Å². The second-order valence-electron chi connectivity index (χ2n) is 5.75. The molecule has 0 aliphatic rings. The van der Waals surface area contributed by atoms with Crippen molar-refractivity contribution in [3.63, 3.8) is 0 Å². The van der Waals surface area contributed by atoms with Crippen LogP contribution in [-0.2, 0) is 10.0 Å². The first-order valence-corrected chi connectivity index (χ1v) is 9.50. The van der Waals surface area contributed by atoms with Crippen LogP contribution in [0.25, 0.3) is 22.8 Å². The van der Waals surface area contributed by atoms with Crippen LogP contribution in [0.2, 0.25) is 0 Å². The van der Waals surface area contributed by atoms with Gasteiger partial charge in [-0.2, -0.15) is 4.98 Å². The molecule has 0 amide bonds. The van der Waals surface area contributed by atoms with Crippen molar-refractivity contribution in [2.45, 2.75) is 31.2 Å². The van der Waals surface area contributed by atoms with E-state index in [0.717, 1.165) is 5.56 Å². The van der Waals surface area contributed by atoms with Crippen molar-refractivity contribution < 1.29 is 12.9 Å². The van der Waals surface area contributed by atoms with E-state index in [1.807, 2.05) is 44.2 Å². The summed E-state index contributed by atoms with van der Waals surface area (Å²) in [6.45, 7) is 3.75. The topological polar surface area (TPSA) is 85.1 Å². The first-order valence-electron chi connectivity index (χ1n) is 8.01. The van der Waals surface area contributed by atoms with E-state index >= 15 is 0 Å². The Kier molecular flexibility index (Phi) is 4.96. The molecule has 1 N–H and O–H groups in total. The smallest absolute Gasteiger partial charge is 0.258 e. The quantitative estimate of drug-likeness (QED) is 0.730. The fourth-order valence-corrected chi connectivity index (χ4v) is 3.63. The lowest BCUT2D eigenvalue weighted by Crippen LogP contribution is -2.31. The molecule has 0 spiro atoms. The number of hydrogen-bond donors (Lipinski definition) is 1. The molecular formula is C18H19N3O3S. The number of benzene rings is 2. The summed E-state index contributed by atoms with van der Waals surface area (Å²) in [6, 6.07) is 15.8. The van der Waals surface area contributed by atoms with Gasteiger partial charge in [-0.05, 0) is 31.5 Å². The molecule has 3 aromatic rings. The summed E-state index contributed by atoms with van der Waals surface area (Å²) in [6.07, 6.45) is 0.711. The molecule has 130 valence electrons. The van der Waals surface area contributed by atoms with Crippen LogP contribution in [0.3, 0.4) is 0 Å². The Hall–Kier alpha value is -2.51. The van der Waals surface area contributed by atoms with E-state index in [0.29, 0.717) is 17.8 Å². The van der Waals surface area contributed by atoms with Gasteiger partial charge in [-0.3, -0.25) is 0 Å². The lowest BCUT2D eigenvalue weighted by Gasteiger charge is -2.12. The van der Waals surface area contributed by atoms with Crippen molar-refractivity contribution in [3.05, 3.63) is 54.6 Å². The average Bonchev–Trinajstić information content (AvgIpc) is 3.12. The van der Waals surface area contributed by atoms with Crippen LogP contribution in [-0.4, -0.2) is 24.6 Å². The van der Waals surface area contributed by atoms with Crippen LogP contribution in [0.5, 0.6) is 0 Å². The standard InChI is InChI=1S/C18H19N3O3S/c1-3-13(2)21-25(22,23)16-11-7-10-15(12-16)18-19-17(20-24-18)14-8-5-4-6-9-14/h4-13,21H,3H2,1-2H3. The molecule has 0 aliphatic heterocycles. The number of aromatic nitrogens is 2. The Bertz CT molecular complexity index is 952. The zero-order valence-electron chi connectivity index (χ0n) is 14.0. The highest BCUT2D eigenvalue weighted by Gasteiger charge is 2.18. The maximum atomic E-state index is 12.4. The Labute approximate surface area is 147 Å². The predicted molar refractivity (Wildman–Crippen MR) is 95.2 cm³/mol. The van der Waals surface area contributed by atoms with Gasteiger partial charge < -0.3 is 4.52 Å². The third-order valence-electron chi connectivity index (χ3n) is 3.82. The van der Waals surface area contributed by atoms with E-state index < -0.39 is 10.0 Å². The Morgan fingerprint density at radius 2 is 1.80 bits per heavy atom. The van der Waals surface area contributed by atoms with Crippen LogP contribution in [0, 0.1) is 0 Å². The van der Waals surface area contributed by atoms with Gasteiger partial charge in [0, 0.05) is 17.2 Å². The summed E-state index contributed by atoms with van der Waals surface area (Å²) in [5.41, 5.74) is 1.39. The summed E-state index contributed by atoms with van der Waals surface area (Å²) >= 11 is 0. The summed E-state index contributed by atoms with van der Waals surface area (Å²) in [5.74, 6) is 0.737. The van der Waals surface area contributed by atoms with Crippen LogP contribution in [0.15, 0.2) is 64.0 Å². The van der Waals surface area contributed by atoms with Crippen molar-refractivity contribution in [3.8, 4) is 22.8 Å². The summed E-state index contributed by atoms with van der Waals surface area (Å²) in [7, 11) is -3.59. The highest BCUT2D eigenvalue weighted by Crippen LogP contribution is 2.24. The minimum atomic E-state index is -3.59. The maximum absolute atomic E-state index is 12.4. The van der Waals surface area contributed by atoms with Gasteiger partial charge in [0.1, 0.15) is 0 Å². The summed E-state index contributed by atoms with van der Waals surface area (Å²) in [4.78, 5) is 4.53. The molecule has 0 fully saturated rings. The van der Waals surface area contributed by atoms with Gasteiger partial charge in [-0.25, -0.2) is 13.1 Å². The van der Waals surface area contributed by atoms with E-state index in [1.165, 1.54) is 6.07 Å². The largest absolute Gasteiger partial charge is 0.334 e. The highest BCUT2D eigenvalue weighted by molar-refractivity contribution is 7.89. The van der Waals surface area contributed by atoms with Gasteiger partial charge in [-0.15, -0.1) is 0 Å². The lowest BCUT2D eigenvalue weighted by atomic mass is 10.2.